The van der Waals surface area contributed by atoms with Crippen LogP contribution in [-0.4, -0.2) is 17.8 Å². The molecule has 4 amide bonds. The van der Waals surface area contributed by atoms with Gasteiger partial charge in [-0.2, -0.15) is 0 Å². The van der Waals surface area contributed by atoms with Gasteiger partial charge in [0.2, 0.25) is 0 Å². The zero-order chi connectivity index (χ0) is 28.9. The van der Waals surface area contributed by atoms with E-state index in [1.807, 2.05) is 12.1 Å². The molecular formula is C31H21Cl3N2O5. The molecule has 5 rings (SSSR count). The van der Waals surface area contributed by atoms with Gasteiger partial charge in [0, 0.05) is 20.6 Å². The van der Waals surface area contributed by atoms with Crippen LogP contribution in [0, 0.1) is 0 Å². The van der Waals surface area contributed by atoms with E-state index in [1.165, 1.54) is 6.08 Å². The Bertz CT molecular complexity index is 1670. The lowest BCUT2D eigenvalue weighted by molar-refractivity contribution is -0.122. The van der Waals surface area contributed by atoms with E-state index in [4.69, 9.17) is 44.3 Å². The maximum Gasteiger partial charge on any atom is 0.335 e. The molecule has 1 aliphatic heterocycles. The van der Waals surface area contributed by atoms with Gasteiger partial charge < -0.3 is 9.47 Å². The Hall–Kier alpha value is -4.30. The summed E-state index contributed by atoms with van der Waals surface area (Å²) in [7, 11) is 0. The van der Waals surface area contributed by atoms with Crippen LogP contribution < -0.4 is 19.7 Å². The van der Waals surface area contributed by atoms with Gasteiger partial charge in [0.15, 0.2) is 0 Å². The number of anilines is 1. The minimum absolute atomic E-state index is 0.196. The molecule has 0 radical (unpaired) electrons. The third-order valence-corrected chi connectivity index (χ3v) is 6.89. The lowest BCUT2D eigenvalue weighted by Gasteiger charge is -2.26. The summed E-state index contributed by atoms with van der Waals surface area (Å²) in [6, 6.07) is 24.8. The molecule has 1 saturated heterocycles. The number of barbiturate groups is 1. The van der Waals surface area contributed by atoms with E-state index in [2.05, 4.69) is 5.32 Å². The smallest absolute Gasteiger partial charge is 0.335 e. The Morgan fingerprint density at radius 3 is 2.22 bits per heavy atom. The molecule has 1 fully saturated rings. The molecule has 0 aliphatic carbocycles. The van der Waals surface area contributed by atoms with E-state index in [0.717, 1.165) is 16.0 Å². The van der Waals surface area contributed by atoms with Crippen LogP contribution in [-0.2, 0) is 22.8 Å². The fourth-order valence-electron chi connectivity index (χ4n) is 4.04. The molecule has 4 aromatic carbocycles. The Morgan fingerprint density at radius 1 is 0.732 bits per heavy atom. The SMILES string of the molecule is O=C1NC(=O)N(c2ccc(OCc3ccc(Cl)cc3Cl)cc2)C(=O)/C1=C\c1cccc(OCc2cccc(Cl)c2)c1. The first-order valence-corrected chi connectivity index (χ1v) is 13.5. The molecule has 206 valence electrons. The van der Waals surface area contributed by atoms with Crippen molar-refractivity contribution < 1.29 is 23.9 Å². The predicted octanol–water partition coefficient (Wildman–Crippen LogP) is 7.47. The number of hydrogen-bond acceptors (Lipinski definition) is 5. The Kier molecular flexibility index (Phi) is 8.59. The van der Waals surface area contributed by atoms with Crippen molar-refractivity contribution in [1.29, 1.82) is 0 Å². The first-order chi connectivity index (χ1) is 19.8. The van der Waals surface area contributed by atoms with Crippen LogP contribution in [0.5, 0.6) is 11.5 Å². The van der Waals surface area contributed by atoms with E-state index in [0.29, 0.717) is 32.1 Å². The molecule has 0 unspecified atom stereocenters. The number of carbonyl (C=O) groups excluding carboxylic acids is 3. The fourth-order valence-corrected chi connectivity index (χ4v) is 4.71. The number of benzene rings is 4. The maximum absolute atomic E-state index is 13.3. The quantitative estimate of drug-likeness (QED) is 0.166. The summed E-state index contributed by atoms with van der Waals surface area (Å²) in [5.74, 6) is -0.524. The summed E-state index contributed by atoms with van der Waals surface area (Å²) in [5.41, 5.74) is 2.25. The number of halogens is 3. The van der Waals surface area contributed by atoms with Crippen molar-refractivity contribution in [1.82, 2.24) is 5.32 Å². The first-order valence-electron chi connectivity index (χ1n) is 12.3. The average molecular weight is 608 g/mol. The highest BCUT2D eigenvalue weighted by Gasteiger charge is 2.36. The average Bonchev–Trinajstić information content (AvgIpc) is 2.95. The molecule has 1 heterocycles. The number of amides is 4. The van der Waals surface area contributed by atoms with Crippen molar-refractivity contribution in [2.24, 2.45) is 0 Å². The highest BCUT2D eigenvalue weighted by atomic mass is 35.5. The van der Waals surface area contributed by atoms with Gasteiger partial charge in [0.25, 0.3) is 11.8 Å². The zero-order valence-electron chi connectivity index (χ0n) is 21.3. The molecule has 41 heavy (non-hydrogen) atoms. The van der Waals surface area contributed by atoms with Crippen molar-refractivity contribution in [2.45, 2.75) is 13.2 Å². The number of imide groups is 2. The van der Waals surface area contributed by atoms with E-state index in [1.54, 1.807) is 78.9 Å². The third-order valence-electron chi connectivity index (χ3n) is 6.07. The summed E-state index contributed by atoms with van der Waals surface area (Å²) in [6.45, 7) is 0.483. The number of urea groups is 1. The predicted molar refractivity (Wildman–Crippen MR) is 158 cm³/mol. The summed E-state index contributed by atoms with van der Waals surface area (Å²) < 4.78 is 11.6. The van der Waals surface area contributed by atoms with Crippen molar-refractivity contribution in [3.8, 4) is 11.5 Å². The molecular weight excluding hydrogens is 587 g/mol. The van der Waals surface area contributed by atoms with Gasteiger partial charge in [-0.05, 0) is 77.9 Å². The second-order valence-corrected chi connectivity index (χ2v) is 10.2. The van der Waals surface area contributed by atoms with Crippen molar-refractivity contribution in [3.05, 3.63) is 128 Å². The van der Waals surface area contributed by atoms with Crippen LogP contribution in [0.3, 0.4) is 0 Å². The fraction of sp³-hybridized carbons (Fsp3) is 0.0645. The molecule has 7 nitrogen and oxygen atoms in total. The monoisotopic (exact) mass is 606 g/mol. The molecule has 0 atom stereocenters. The second kappa shape index (κ2) is 12.5. The van der Waals surface area contributed by atoms with E-state index < -0.39 is 17.8 Å². The normalized spacial score (nSPS) is 14.3. The standard InChI is InChI=1S/C31H21Cl3N2O5/c32-22-5-1-4-20(13-22)17-40-26-6-2-3-19(14-26)15-27-29(37)35-31(39)36(30(27)38)24-9-11-25(12-10-24)41-18-21-7-8-23(33)16-28(21)34/h1-16H,17-18H2,(H,35,37,39)/b27-15-. The number of nitrogens with one attached hydrogen (secondary N) is 1. The number of ether oxygens (including phenoxy) is 2. The Balaban J connectivity index is 1.29. The van der Waals surface area contributed by atoms with Gasteiger partial charge in [-0.1, -0.05) is 65.1 Å². The lowest BCUT2D eigenvalue weighted by atomic mass is 10.1. The van der Waals surface area contributed by atoms with Crippen LogP contribution >= 0.6 is 34.8 Å². The molecule has 0 spiro atoms. The lowest BCUT2D eigenvalue weighted by Crippen LogP contribution is -2.54. The molecule has 1 aliphatic rings. The molecule has 1 N–H and O–H groups in total. The Labute approximate surface area is 250 Å². The third kappa shape index (κ3) is 6.89. The largest absolute Gasteiger partial charge is 0.489 e. The molecule has 0 saturated carbocycles. The van der Waals surface area contributed by atoms with Crippen LogP contribution in [0.25, 0.3) is 6.08 Å². The highest BCUT2D eigenvalue weighted by molar-refractivity contribution is 6.39. The molecule has 0 aromatic heterocycles. The van der Waals surface area contributed by atoms with Crippen molar-refractivity contribution >= 4 is 64.4 Å². The van der Waals surface area contributed by atoms with Crippen LogP contribution in [0.15, 0.2) is 96.6 Å². The van der Waals surface area contributed by atoms with E-state index in [9.17, 15) is 14.4 Å². The number of carbonyl (C=O) groups is 3. The van der Waals surface area contributed by atoms with Gasteiger partial charge >= 0.3 is 6.03 Å². The van der Waals surface area contributed by atoms with Gasteiger partial charge in [0.05, 0.1) is 5.69 Å². The van der Waals surface area contributed by atoms with Crippen LogP contribution in [0.4, 0.5) is 10.5 Å². The minimum atomic E-state index is -0.850. The van der Waals surface area contributed by atoms with Crippen molar-refractivity contribution in [3.63, 3.8) is 0 Å². The van der Waals surface area contributed by atoms with Crippen molar-refractivity contribution in [2.75, 3.05) is 4.90 Å². The summed E-state index contributed by atoms with van der Waals surface area (Å²) >= 11 is 18.2. The number of nitrogens with zero attached hydrogens (tertiary/aromatic N) is 1. The minimum Gasteiger partial charge on any atom is -0.489 e. The van der Waals surface area contributed by atoms with Gasteiger partial charge in [-0.3, -0.25) is 14.9 Å². The summed E-state index contributed by atoms with van der Waals surface area (Å²) in [4.78, 5) is 39.5. The first kappa shape index (κ1) is 28.2. The van der Waals surface area contributed by atoms with Gasteiger partial charge in [-0.25, -0.2) is 9.69 Å². The zero-order valence-corrected chi connectivity index (χ0v) is 23.5. The van der Waals surface area contributed by atoms with Gasteiger partial charge in [-0.15, -0.1) is 0 Å². The van der Waals surface area contributed by atoms with Crippen LogP contribution in [0.1, 0.15) is 16.7 Å². The second-order valence-electron chi connectivity index (χ2n) is 8.97. The maximum atomic E-state index is 13.3. The molecule has 10 heteroatoms. The van der Waals surface area contributed by atoms with Gasteiger partial charge in [0.1, 0.15) is 30.3 Å². The highest BCUT2D eigenvalue weighted by Crippen LogP contribution is 2.27. The topological polar surface area (TPSA) is 84.9 Å². The van der Waals surface area contributed by atoms with Crippen LogP contribution in [0.2, 0.25) is 15.1 Å². The Morgan fingerprint density at radius 2 is 1.46 bits per heavy atom. The molecule has 0 bridgehead atoms. The molecule has 4 aromatic rings. The van der Waals surface area contributed by atoms with E-state index in [-0.39, 0.29) is 24.5 Å². The number of rotatable bonds is 8. The summed E-state index contributed by atoms with van der Waals surface area (Å²) in [5, 5.41) is 3.83. The summed E-state index contributed by atoms with van der Waals surface area (Å²) in [6.07, 6.45) is 1.41. The van der Waals surface area contributed by atoms with E-state index >= 15 is 0 Å². The number of hydrogen-bond donors (Lipinski definition) is 1.